The Kier molecular flexibility index (Phi) is 7.13. The molecule has 0 fully saturated rings. The van der Waals surface area contributed by atoms with Crippen LogP contribution >= 0.6 is 11.3 Å². The third-order valence-electron chi connectivity index (χ3n) is 4.20. The number of carboxylic acids is 1. The highest BCUT2D eigenvalue weighted by Gasteiger charge is 2.26. The molecular formula is C19H24N2O3S. The molecule has 0 unspecified atom stereocenters. The number of carbonyl (C=O) groups is 2. The van der Waals surface area contributed by atoms with E-state index in [-0.39, 0.29) is 18.2 Å². The Labute approximate surface area is 152 Å². The molecule has 0 aliphatic heterocycles. The highest BCUT2D eigenvalue weighted by Crippen LogP contribution is 2.26. The third kappa shape index (κ3) is 5.67. The van der Waals surface area contributed by atoms with Crippen LogP contribution in [0.15, 0.2) is 35.7 Å². The van der Waals surface area contributed by atoms with Crippen LogP contribution in [0.25, 0.3) is 11.3 Å². The maximum atomic E-state index is 12.2. The molecule has 134 valence electrons. The van der Waals surface area contributed by atoms with Gasteiger partial charge >= 0.3 is 5.97 Å². The average molecular weight is 360 g/mol. The van der Waals surface area contributed by atoms with Gasteiger partial charge in [-0.2, -0.15) is 0 Å². The maximum Gasteiger partial charge on any atom is 0.306 e. The number of carboxylic acid groups (broad SMARTS) is 1. The van der Waals surface area contributed by atoms with Crippen LogP contribution in [0.4, 0.5) is 5.13 Å². The molecule has 1 amide bonds. The van der Waals surface area contributed by atoms with Gasteiger partial charge in [0.15, 0.2) is 5.13 Å². The summed E-state index contributed by atoms with van der Waals surface area (Å²) in [5.41, 5.74) is 1.82. The van der Waals surface area contributed by atoms with Gasteiger partial charge in [0.05, 0.1) is 11.6 Å². The van der Waals surface area contributed by atoms with Gasteiger partial charge in [-0.05, 0) is 12.3 Å². The van der Waals surface area contributed by atoms with E-state index in [4.69, 9.17) is 0 Å². The van der Waals surface area contributed by atoms with Crippen LogP contribution in [-0.4, -0.2) is 22.0 Å². The van der Waals surface area contributed by atoms with Crippen molar-refractivity contribution in [2.75, 3.05) is 5.32 Å². The SMILES string of the molecule is CCCC[C@@H](C(=O)O)[C@H](C)CC(=O)Nc1nc(-c2ccccc2)cs1. The van der Waals surface area contributed by atoms with Gasteiger partial charge in [0.2, 0.25) is 5.91 Å². The molecule has 0 spiro atoms. The molecule has 0 bridgehead atoms. The number of anilines is 1. The maximum absolute atomic E-state index is 12.2. The fourth-order valence-electron chi connectivity index (χ4n) is 2.75. The van der Waals surface area contributed by atoms with Crippen LogP contribution < -0.4 is 5.32 Å². The highest BCUT2D eigenvalue weighted by atomic mass is 32.1. The largest absolute Gasteiger partial charge is 0.481 e. The van der Waals surface area contributed by atoms with Crippen LogP contribution in [0.2, 0.25) is 0 Å². The lowest BCUT2D eigenvalue weighted by molar-refractivity contribution is -0.144. The Hall–Kier alpha value is -2.21. The average Bonchev–Trinajstić information content (AvgIpc) is 3.04. The number of nitrogens with one attached hydrogen (secondary N) is 1. The van der Waals surface area contributed by atoms with E-state index in [1.807, 2.05) is 49.6 Å². The van der Waals surface area contributed by atoms with Crippen molar-refractivity contribution in [1.82, 2.24) is 4.98 Å². The Morgan fingerprint density at radius 1 is 1.28 bits per heavy atom. The zero-order chi connectivity index (χ0) is 18.2. The van der Waals surface area contributed by atoms with Gasteiger partial charge in [0.25, 0.3) is 0 Å². The summed E-state index contributed by atoms with van der Waals surface area (Å²) in [7, 11) is 0. The van der Waals surface area contributed by atoms with E-state index in [0.717, 1.165) is 24.1 Å². The molecule has 0 saturated heterocycles. The van der Waals surface area contributed by atoms with E-state index in [1.54, 1.807) is 0 Å². The standard InChI is InChI=1S/C19H24N2O3S/c1-3-4-10-15(18(23)24)13(2)11-17(22)21-19-20-16(12-25-19)14-8-6-5-7-9-14/h5-9,12-13,15H,3-4,10-11H2,1-2H3,(H,23,24)(H,20,21,22)/t13-,15-/m1/s1. The lowest BCUT2D eigenvalue weighted by Gasteiger charge is -2.19. The molecule has 2 aromatic rings. The number of hydrogen-bond donors (Lipinski definition) is 2. The minimum absolute atomic E-state index is 0.181. The fraction of sp³-hybridized carbons (Fsp3) is 0.421. The zero-order valence-electron chi connectivity index (χ0n) is 14.6. The molecule has 2 N–H and O–H groups in total. The molecule has 0 radical (unpaired) electrons. The molecule has 0 aliphatic carbocycles. The third-order valence-corrected chi connectivity index (χ3v) is 4.96. The van der Waals surface area contributed by atoms with Crippen molar-refractivity contribution in [2.45, 2.75) is 39.5 Å². The smallest absolute Gasteiger partial charge is 0.306 e. The molecule has 1 aromatic heterocycles. The second-order valence-electron chi connectivity index (χ2n) is 6.22. The summed E-state index contributed by atoms with van der Waals surface area (Å²) in [5, 5.41) is 14.6. The lowest BCUT2D eigenvalue weighted by Crippen LogP contribution is -2.26. The molecular weight excluding hydrogens is 336 g/mol. The molecule has 6 heteroatoms. The van der Waals surface area contributed by atoms with Gasteiger partial charge in [-0.1, -0.05) is 57.0 Å². The number of amides is 1. The van der Waals surface area contributed by atoms with Gasteiger partial charge in [-0.25, -0.2) is 4.98 Å². The van der Waals surface area contributed by atoms with Gasteiger partial charge in [0.1, 0.15) is 0 Å². The summed E-state index contributed by atoms with van der Waals surface area (Å²) in [6.07, 6.45) is 2.59. The van der Waals surface area contributed by atoms with Crippen LogP contribution in [0.3, 0.4) is 0 Å². The number of nitrogens with zero attached hydrogens (tertiary/aromatic N) is 1. The Balaban J connectivity index is 1.93. The van der Waals surface area contributed by atoms with E-state index < -0.39 is 11.9 Å². The van der Waals surface area contributed by atoms with Gasteiger partial charge in [0, 0.05) is 17.4 Å². The minimum atomic E-state index is -0.825. The first kappa shape index (κ1) is 19.1. The van der Waals surface area contributed by atoms with Crippen molar-refractivity contribution in [2.24, 2.45) is 11.8 Å². The Morgan fingerprint density at radius 2 is 2.00 bits per heavy atom. The first-order valence-electron chi connectivity index (χ1n) is 8.54. The number of carbonyl (C=O) groups excluding carboxylic acids is 1. The quantitative estimate of drug-likeness (QED) is 0.681. The van der Waals surface area contributed by atoms with Crippen molar-refractivity contribution < 1.29 is 14.7 Å². The molecule has 5 nitrogen and oxygen atoms in total. The second-order valence-corrected chi connectivity index (χ2v) is 7.08. The topological polar surface area (TPSA) is 79.3 Å². The number of thiazole rings is 1. The van der Waals surface area contributed by atoms with Crippen molar-refractivity contribution in [3.8, 4) is 11.3 Å². The molecule has 0 aliphatic rings. The number of unbranched alkanes of at least 4 members (excludes halogenated alkanes) is 1. The summed E-state index contributed by atoms with van der Waals surface area (Å²) < 4.78 is 0. The fourth-order valence-corrected chi connectivity index (χ4v) is 3.49. The van der Waals surface area contributed by atoms with Crippen LogP contribution in [-0.2, 0) is 9.59 Å². The molecule has 0 saturated carbocycles. The van der Waals surface area contributed by atoms with Crippen molar-refractivity contribution in [3.63, 3.8) is 0 Å². The number of hydrogen-bond acceptors (Lipinski definition) is 4. The lowest BCUT2D eigenvalue weighted by atomic mass is 9.87. The molecule has 2 atom stereocenters. The molecule has 2 rings (SSSR count). The Morgan fingerprint density at radius 3 is 2.64 bits per heavy atom. The van der Waals surface area contributed by atoms with Crippen LogP contribution in [0, 0.1) is 11.8 Å². The number of rotatable bonds is 9. The monoisotopic (exact) mass is 360 g/mol. The second kappa shape index (κ2) is 9.32. The van der Waals surface area contributed by atoms with Crippen LogP contribution in [0.1, 0.15) is 39.5 Å². The van der Waals surface area contributed by atoms with Crippen molar-refractivity contribution in [3.05, 3.63) is 35.7 Å². The van der Waals surface area contributed by atoms with Gasteiger partial charge in [-0.15, -0.1) is 11.3 Å². The summed E-state index contributed by atoms with van der Waals surface area (Å²) in [5.74, 6) is -1.71. The minimum Gasteiger partial charge on any atom is -0.481 e. The first-order valence-corrected chi connectivity index (χ1v) is 9.42. The summed E-state index contributed by atoms with van der Waals surface area (Å²) in [6, 6.07) is 9.76. The molecule has 1 aromatic carbocycles. The van der Waals surface area contributed by atoms with Crippen molar-refractivity contribution in [1.29, 1.82) is 0 Å². The summed E-state index contributed by atoms with van der Waals surface area (Å²) in [6.45, 7) is 3.86. The predicted octanol–water partition coefficient (Wildman–Crippen LogP) is 4.67. The predicted molar refractivity (Wildman–Crippen MR) is 101 cm³/mol. The summed E-state index contributed by atoms with van der Waals surface area (Å²) >= 11 is 1.37. The Bertz CT molecular complexity index is 700. The molecule has 1 heterocycles. The molecule has 25 heavy (non-hydrogen) atoms. The summed E-state index contributed by atoms with van der Waals surface area (Å²) in [4.78, 5) is 28.1. The zero-order valence-corrected chi connectivity index (χ0v) is 15.4. The number of benzene rings is 1. The van der Waals surface area contributed by atoms with E-state index in [1.165, 1.54) is 11.3 Å². The van der Waals surface area contributed by atoms with Gasteiger partial charge in [-0.3, -0.25) is 9.59 Å². The highest BCUT2D eigenvalue weighted by molar-refractivity contribution is 7.14. The van der Waals surface area contributed by atoms with E-state index in [2.05, 4.69) is 10.3 Å². The van der Waals surface area contributed by atoms with Crippen LogP contribution in [0.5, 0.6) is 0 Å². The van der Waals surface area contributed by atoms with E-state index in [0.29, 0.717) is 11.6 Å². The number of aliphatic carboxylic acids is 1. The van der Waals surface area contributed by atoms with Gasteiger partial charge < -0.3 is 10.4 Å². The van der Waals surface area contributed by atoms with Crippen molar-refractivity contribution >= 4 is 28.3 Å². The van der Waals surface area contributed by atoms with E-state index >= 15 is 0 Å². The van der Waals surface area contributed by atoms with E-state index in [9.17, 15) is 14.7 Å². The normalized spacial score (nSPS) is 13.2. The number of aromatic nitrogens is 1. The first-order chi connectivity index (χ1) is 12.0.